The number of nitrogens with zero attached hydrogens (tertiary/aromatic N) is 6. The van der Waals surface area contributed by atoms with Crippen molar-refractivity contribution >= 4 is 16.9 Å². The second-order valence-corrected chi connectivity index (χ2v) is 9.08. The van der Waals surface area contributed by atoms with Crippen molar-refractivity contribution in [2.24, 2.45) is 0 Å². The average molecular weight is 576 g/mol. The summed E-state index contributed by atoms with van der Waals surface area (Å²) < 4.78 is 77.1. The van der Waals surface area contributed by atoms with Crippen molar-refractivity contribution in [2.45, 2.75) is 18.9 Å². The lowest BCUT2D eigenvalue weighted by molar-refractivity contribution is -0.404. The molecule has 1 aliphatic heterocycles. The van der Waals surface area contributed by atoms with E-state index in [1.807, 2.05) is 0 Å². The minimum absolute atomic E-state index is 0.00665. The number of nitrogen functional groups attached to an aromatic ring is 1. The summed E-state index contributed by atoms with van der Waals surface area (Å²) in [5.41, 5.74) is 6.38. The van der Waals surface area contributed by atoms with E-state index in [9.17, 15) is 27.7 Å². The summed E-state index contributed by atoms with van der Waals surface area (Å²) in [7, 11) is 1.57. The fraction of sp³-hybridized carbons (Fsp3) is 0.240. The lowest BCUT2D eigenvalue weighted by atomic mass is 10.1. The molecular formula is C25H21F5N8O3. The Balaban J connectivity index is 1.53. The van der Waals surface area contributed by atoms with E-state index in [4.69, 9.17) is 10.5 Å². The maximum Gasteiger partial charge on any atom is 0.274 e. The number of hydrogen-bond acceptors (Lipinski definition) is 9. The number of nitro groups is 1. The molecule has 0 radical (unpaired) electrons. The normalized spacial score (nSPS) is 15.8. The van der Waals surface area contributed by atoms with Crippen LogP contribution in [0.2, 0.25) is 0 Å². The van der Waals surface area contributed by atoms with Crippen LogP contribution in [0.5, 0.6) is 11.5 Å². The number of hydrogen-bond donors (Lipinski definition) is 2. The fourth-order valence-electron chi connectivity index (χ4n) is 4.73. The number of anilines is 1. The Hall–Kier alpha value is -5.02. The van der Waals surface area contributed by atoms with Crippen molar-refractivity contribution in [2.75, 3.05) is 25.9 Å². The number of fused-ring (bicyclic) bond motifs is 1. The molecule has 214 valence electrons. The number of benzene rings is 2. The first-order chi connectivity index (χ1) is 19.6. The average Bonchev–Trinajstić information content (AvgIpc) is 3.34. The van der Waals surface area contributed by atoms with Gasteiger partial charge in [-0.15, -0.1) is 0 Å². The van der Waals surface area contributed by atoms with Gasteiger partial charge in [0, 0.05) is 37.8 Å². The Labute approximate surface area is 228 Å². The van der Waals surface area contributed by atoms with Crippen molar-refractivity contribution in [3.8, 4) is 22.8 Å². The standard InChI is InChI=1S/C25H21F5N8O3/c1-32-18(10-37(39)40)36-6-2-3-12(9-36)38-25-19(24(31)33-11-34-25)22(35-38)14-5-4-13(7-15(14)26)41-23-20(29)16(27)8-17(28)21(23)30/h4-5,7-8,10-12,32H,2-3,6,9H2,1H3,(H2,31,33,34)/b18-10+. The predicted octanol–water partition coefficient (Wildman–Crippen LogP) is 4.50. The second-order valence-electron chi connectivity index (χ2n) is 9.08. The first-order valence-electron chi connectivity index (χ1n) is 12.2. The molecule has 1 atom stereocenters. The Morgan fingerprint density at radius 2 is 1.88 bits per heavy atom. The summed E-state index contributed by atoms with van der Waals surface area (Å²) in [6.45, 7) is 0.865. The van der Waals surface area contributed by atoms with Gasteiger partial charge in [-0.3, -0.25) is 10.1 Å². The van der Waals surface area contributed by atoms with E-state index in [2.05, 4.69) is 20.4 Å². The topological polar surface area (TPSA) is 137 Å². The van der Waals surface area contributed by atoms with Crippen LogP contribution in [0.1, 0.15) is 18.9 Å². The molecule has 16 heteroatoms. The lowest BCUT2D eigenvalue weighted by Crippen LogP contribution is -2.40. The summed E-state index contributed by atoms with van der Waals surface area (Å²) in [4.78, 5) is 20.6. The van der Waals surface area contributed by atoms with Crippen molar-refractivity contribution < 1.29 is 31.6 Å². The number of aromatic nitrogens is 4. The third kappa shape index (κ3) is 5.15. The van der Waals surface area contributed by atoms with Crippen LogP contribution in [0.4, 0.5) is 27.8 Å². The summed E-state index contributed by atoms with van der Waals surface area (Å²) in [6.07, 6.45) is 3.38. The van der Waals surface area contributed by atoms with Gasteiger partial charge in [0.1, 0.15) is 29.4 Å². The highest BCUT2D eigenvalue weighted by atomic mass is 19.2. The number of halogens is 5. The van der Waals surface area contributed by atoms with Crippen LogP contribution in [0.25, 0.3) is 22.3 Å². The van der Waals surface area contributed by atoms with Crippen molar-refractivity contribution in [1.29, 1.82) is 0 Å². The van der Waals surface area contributed by atoms with Gasteiger partial charge in [0.25, 0.3) is 6.20 Å². The lowest BCUT2D eigenvalue weighted by Gasteiger charge is -2.34. The van der Waals surface area contributed by atoms with Crippen LogP contribution in [0.3, 0.4) is 0 Å². The van der Waals surface area contributed by atoms with Crippen LogP contribution in [0.15, 0.2) is 42.6 Å². The molecule has 3 N–H and O–H groups in total. The molecule has 5 rings (SSSR count). The van der Waals surface area contributed by atoms with Crippen molar-refractivity contribution in [3.05, 3.63) is 81.8 Å². The van der Waals surface area contributed by atoms with Crippen LogP contribution < -0.4 is 15.8 Å². The monoisotopic (exact) mass is 576 g/mol. The van der Waals surface area contributed by atoms with Gasteiger partial charge in [0.15, 0.2) is 23.1 Å². The summed E-state index contributed by atoms with van der Waals surface area (Å²) in [6, 6.07) is 2.79. The van der Waals surface area contributed by atoms with Crippen LogP contribution in [-0.4, -0.2) is 49.7 Å². The number of rotatable bonds is 7. The van der Waals surface area contributed by atoms with Crippen LogP contribution >= 0.6 is 0 Å². The van der Waals surface area contributed by atoms with E-state index < -0.39 is 45.5 Å². The highest BCUT2D eigenvalue weighted by Gasteiger charge is 2.29. The van der Waals surface area contributed by atoms with Gasteiger partial charge in [-0.1, -0.05) is 0 Å². The third-order valence-electron chi connectivity index (χ3n) is 6.57. The molecule has 0 amide bonds. The number of ether oxygens (including phenoxy) is 1. The zero-order valence-corrected chi connectivity index (χ0v) is 21.2. The zero-order chi connectivity index (χ0) is 29.4. The molecule has 0 spiro atoms. The molecule has 0 saturated carbocycles. The SMILES string of the molecule is CN/C(=C\[N+](=O)[O-])N1CCCC(n2nc(-c3ccc(Oc4c(F)c(F)cc(F)c4F)cc3F)c3c(N)ncnc32)C1. The molecule has 2 aromatic carbocycles. The molecule has 11 nitrogen and oxygen atoms in total. The summed E-state index contributed by atoms with van der Waals surface area (Å²) in [5.74, 6) is -9.37. The molecule has 3 heterocycles. The van der Waals surface area contributed by atoms with Crippen molar-refractivity contribution in [1.82, 2.24) is 30.0 Å². The Morgan fingerprint density at radius 1 is 1.15 bits per heavy atom. The van der Waals surface area contributed by atoms with Gasteiger partial charge in [0.05, 0.1) is 16.4 Å². The van der Waals surface area contributed by atoms with Crippen molar-refractivity contribution in [3.63, 3.8) is 0 Å². The largest absolute Gasteiger partial charge is 0.451 e. The van der Waals surface area contributed by atoms with Gasteiger partial charge in [-0.25, -0.2) is 27.8 Å². The molecule has 1 saturated heterocycles. The quantitative estimate of drug-likeness (QED) is 0.141. The van der Waals surface area contributed by atoms with E-state index in [0.717, 1.165) is 18.3 Å². The Kier molecular flexibility index (Phi) is 7.30. The van der Waals surface area contributed by atoms with Gasteiger partial charge in [0.2, 0.25) is 17.4 Å². The number of nitrogens with two attached hydrogens (primary N) is 1. The van der Waals surface area contributed by atoms with E-state index in [1.165, 1.54) is 12.4 Å². The first kappa shape index (κ1) is 27.5. The molecule has 0 bridgehead atoms. The fourth-order valence-corrected chi connectivity index (χ4v) is 4.73. The summed E-state index contributed by atoms with van der Waals surface area (Å²) >= 11 is 0. The van der Waals surface area contributed by atoms with E-state index in [-0.39, 0.29) is 34.6 Å². The van der Waals surface area contributed by atoms with Crippen LogP contribution in [-0.2, 0) is 0 Å². The molecule has 1 unspecified atom stereocenters. The predicted molar refractivity (Wildman–Crippen MR) is 135 cm³/mol. The minimum Gasteiger partial charge on any atom is -0.451 e. The van der Waals surface area contributed by atoms with E-state index in [1.54, 1.807) is 16.6 Å². The Morgan fingerprint density at radius 3 is 2.54 bits per heavy atom. The molecule has 1 aliphatic rings. The number of likely N-dealkylation sites (tertiary alicyclic amines) is 1. The number of nitrogens with one attached hydrogen (secondary N) is 1. The highest BCUT2D eigenvalue weighted by molar-refractivity contribution is 5.98. The second kappa shape index (κ2) is 10.9. The minimum atomic E-state index is -1.78. The van der Waals surface area contributed by atoms with E-state index >= 15 is 4.39 Å². The first-order valence-corrected chi connectivity index (χ1v) is 12.2. The smallest absolute Gasteiger partial charge is 0.274 e. The maximum atomic E-state index is 15.4. The molecule has 0 aliphatic carbocycles. The highest BCUT2D eigenvalue weighted by Crippen LogP contribution is 2.37. The van der Waals surface area contributed by atoms with E-state index in [0.29, 0.717) is 37.4 Å². The maximum absolute atomic E-state index is 15.4. The summed E-state index contributed by atoms with van der Waals surface area (Å²) in [5, 5.41) is 18.7. The number of piperidine rings is 1. The Bertz CT molecular complexity index is 1670. The molecular weight excluding hydrogens is 555 g/mol. The van der Waals surface area contributed by atoms with Gasteiger partial charge >= 0.3 is 0 Å². The molecule has 1 fully saturated rings. The van der Waals surface area contributed by atoms with Gasteiger partial charge in [-0.05, 0) is 25.0 Å². The van der Waals surface area contributed by atoms with Crippen LogP contribution in [0, 0.1) is 39.2 Å². The molecule has 41 heavy (non-hydrogen) atoms. The molecule has 2 aromatic heterocycles. The zero-order valence-electron chi connectivity index (χ0n) is 21.2. The molecule has 4 aromatic rings. The van der Waals surface area contributed by atoms with Gasteiger partial charge in [-0.2, -0.15) is 13.9 Å². The third-order valence-corrected chi connectivity index (χ3v) is 6.57. The van der Waals surface area contributed by atoms with Gasteiger partial charge < -0.3 is 20.7 Å².